The van der Waals surface area contributed by atoms with Gasteiger partial charge in [-0.25, -0.2) is 9.37 Å². The molecule has 0 radical (unpaired) electrons. The van der Waals surface area contributed by atoms with E-state index < -0.39 is 5.95 Å². The highest BCUT2D eigenvalue weighted by Crippen LogP contribution is 2.31. The van der Waals surface area contributed by atoms with E-state index in [0.717, 1.165) is 41.7 Å². The van der Waals surface area contributed by atoms with E-state index in [2.05, 4.69) is 9.97 Å². The van der Waals surface area contributed by atoms with Crippen LogP contribution < -0.4 is 9.80 Å². The monoisotopic (exact) mass is 370 g/mol. The Morgan fingerprint density at radius 3 is 2.67 bits per heavy atom. The molecule has 0 aliphatic carbocycles. The van der Waals surface area contributed by atoms with Crippen molar-refractivity contribution in [1.29, 1.82) is 0 Å². The third-order valence-corrected chi connectivity index (χ3v) is 5.43. The number of anilines is 2. The zero-order valence-electron chi connectivity index (χ0n) is 14.8. The van der Waals surface area contributed by atoms with E-state index in [1.54, 1.807) is 18.2 Å². The van der Waals surface area contributed by atoms with E-state index in [1.165, 1.54) is 6.07 Å². The fourth-order valence-corrected chi connectivity index (χ4v) is 4.04. The first-order valence-electron chi connectivity index (χ1n) is 9.22. The van der Waals surface area contributed by atoms with Crippen molar-refractivity contribution in [3.8, 4) is 0 Å². The molecule has 3 aromatic rings. The van der Waals surface area contributed by atoms with Crippen molar-refractivity contribution < 1.29 is 13.5 Å². The molecule has 1 aromatic carbocycles. The minimum Gasteiger partial charge on any atom is -0.378 e. The van der Waals surface area contributed by atoms with Crippen LogP contribution in [-0.4, -0.2) is 42.8 Å². The van der Waals surface area contributed by atoms with Crippen molar-refractivity contribution in [2.45, 2.75) is 13.0 Å². The summed E-state index contributed by atoms with van der Waals surface area (Å²) in [5.41, 5.74) is 3.56. The molecular formula is C20H20F2N4O. The van der Waals surface area contributed by atoms with Gasteiger partial charge in [-0.1, -0.05) is 0 Å². The fourth-order valence-electron chi connectivity index (χ4n) is 4.04. The van der Waals surface area contributed by atoms with Gasteiger partial charge in [-0.3, -0.25) is 0 Å². The largest absolute Gasteiger partial charge is 0.378 e. The Hall–Kier alpha value is -2.67. The van der Waals surface area contributed by atoms with Crippen LogP contribution in [0.1, 0.15) is 11.3 Å². The molecule has 0 atom stereocenters. The molecule has 5 nitrogen and oxygen atoms in total. The molecule has 2 aliphatic rings. The maximum atomic E-state index is 14.8. The minimum absolute atomic E-state index is 0.235. The third kappa shape index (κ3) is 2.92. The number of pyridine rings is 1. The van der Waals surface area contributed by atoms with Gasteiger partial charge >= 0.3 is 0 Å². The molecule has 0 saturated carbocycles. The van der Waals surface area contributed by atoms with Crippen LogP contribution in [0.15, 0.2) is 30.3 Å². The lowest BCUT2D eigenvalue weighted by Crippen LogP contribution is -2.37. The van der Waals surface area contributed by atoms with Crippen molar-refractivity contribution >= 4 is 22.4 Å². The number of fused-ring (bicyclic) bond motifs is 3. The van der Waals surface area contributed by atoms with Gasteiger partial charge in [0.1, 0.15) is 11.6 Å². The molecule has 0 unspecified atom stereocenters. The zero-order valence-corrected chi connectivity index (χ0v) is 14.8. The molecule has 4 heterocycles. The van der Waals surface area contributed by atoms with E-state index in [-0.39, 0.29) is 5.82 Å². The lowest BCUT2D eigenvalue weighted by molar-refractivity contribution is 0.122. The Morgan fingerprint density at radius 1 is 1.00 bits per heavy atom. The number of rotatable bonds is 2. The average molecular weight is 370 g/mol. The molecule has 27 heavy (non-hydrogen) atoms. The van der Waals surface area contributed by atoms with Gasteiger partial charge in [0.25, 0.3) is 0 Å². The van der Waals surface area contributed by atoms with Crippen molar-refractivity contribution in [2.75, 3.05) is 42.6 Å². The quantitative estimate of drug-likeness (QED) is 0.704. The first kappa shape index (κ1) is 16.5. The fraction of sp³-hybridized carbons (Fsp3) is 0.350. The number of H-pyrrole nitrogens is 1. The summed E-state index contributed by atoms with van der Waals surface area (Å²) in [6.45, 7) is 3.96. The lowest BCUT2D eigenvalue weighted by atomic mass is 10.0. The minimum atomic E-state index is -0.454. The number of halogens is 2. The van der Waals surface area contributed by atoms with Crippen LogP contribution in [0.4, 0.5) is 20.3 Å². The number of ether oxygens (including phenoxy) is 1. The summed E-state index contributed by atoms with van der Waals surface area (Å²) in [5.74, 6) is -0.0383. The predicted octanol–water partition coefficient (Wildman–Crippen LogP) is 3.24. The first-order valence-corrected chi connectivity index (χ1v) is 9.22. The Bertz CT molecular complexity index is 997. The molecule has 1 N–H and O–H groups in total. The van der Waals surface area contributed by atoms with E-state index in [9.17, 15) is 8.78 Å². The smallest absolute Gasteiger partial charge is 0.238 e. The molecule has 7 heteroatoms. The summed E-state index contributed by atoms with van der Waals surface area (Å²) < 4.78 is 33.7. The Balaban J connectivity index is 1.42. The molecule has 2 aliphatic heterocycles. The SMILES string of the molecule is Fc1ccc2[nH]c3c(c2c1)CCN(c1ccc(N2CCOCC2)nc1F)C3. The number of nitrogens with one attached hydrogen (secondary N) is 1. The maximum absolute atomic E-state index is 14.8. The van der Waals surface area contributed by atoms with E-state index in [1.807, 2.05) is 15.9 Å². The summed E-state index contributed by atoms with van der Waals surface area (Å²) in [4.78, 5) is 11.6. The van der Waals surface area contributed by atoms with Gasteiger partial charge in [0, 0.05) is 36.2 Å². The van der Waals surface area contributed by atoms with Gasteiger partial charge < -0.3 is 19.5 Å². The number of aromatic amines is 1. The molecule has 0 spiro atoms. The van der Waals surface area contributed by atoms with E-state index in [0.29, 0.717) is 37.8 Å². The van der Waals surface area contributed by atoms with Crippen LogP contribution in [0.25, 0.3) is 10.9 Å². The molecule has 1 saturated heterocycles. The molecule has 2 aromatic heterocycles. The Kier molecular flexibility index (Phi) is 3.97. The molecule has 0 bridgehead atoms. The highest BCUT2D eigenvalue weighted by atomic mass is 19.1. The van der Waals surface area contributed by atoms with Crippen LogP contribution in [0.2, 0.25) is 0 Å². The van der Waals surface area contributed by atoms with Gasteiger partial charge in [0.15, 0.2) is 0 Å². The summed E-state index contributed by atoms with van der Waals surface area (Å²) >= 11 is 0. The molecule has 1 fully saturated rings. The topological polar surface area (TPSA) is 44.4 Å². The molecule has 5 rings (SSSR count). The van der Waals surface area contributed by atoms with Gasteiger partial charge in [0.05, 0.1) is 25.4 Å². The van der Waals surface area contributed by atoms with Gasteiger partial charge in [-0.05, 0) is 42.3 Å². The standard InChI is InChI=1S/C20H20F2N4O/c21-13-1-2-16-15(11-13)14-5-6-26(12-17(14)23-16)18-3-4-19(24-20(18)22)25-7-9-27-10-8-25/h1-4,11,23H,5-10,12H2. The highest BCUT2D eigenvalue weighted by molar-refractivity contribution is 5.85. The van der Waals surface area contributed by atoms with Crippen LogP contribution >= 0.6 is 0 Å². The van der Waals surface area contributed by atoms with Gasteiger partial charge in [-0.2, -0.15) is 4.39 Å². The second kappa shape index (κ2) is 6.49. The zero-order chi connectivity index (χ0) is 18.4. The number of morpholine rings is 1. The Labute approximate surface area is 155 Å². The number of benzene rings is 1. The summed E-state index contributed by atoms with van der Waals surface area (Å²) in [6, 6.07) is 8.46. The Morgan fingerprint density at radius 2 is 1.85 bits per heavy atom. The van der Waals surface area contributed by atoms with Crippen molar-refractivity contribution in [2.24, 2.45) is 0 Å². The predicted molar refractivity (Wildman–Crippen MR) is 100 cm³/mol. The van der Waals surface area contributed by atoms with Crippen LogP contribution in [-0.2, 0) is 17.7 Å². The third-order valence-electron chi connectivity index (χ3n) is 5.43. The van der Waals surface area contributed by atoms with E-state index in [4.69, 9.17) is 4.74 Å². The van der Waals surface area contributed by atoms with Crippen LogP contribution in [0.3, 0.4) is 0 Å². The van der Waals surface area contributed by atoms with Crippen LogP contribution in [0.5, 0.6) is 0 Å². The summed E-state index contributed by atoms with van der Waals surface area (Å²) in [7, 11) is 0. The second-order valence-electron chi connectivity index (χ2n) is 7.02. The molecule has 0 amide bonds. The summed E-state index contributed by atoms with van der Waals surface area (Å²) in [6.07, 6.45) is 0.740. The second-order valence-corrected chi connectivity index (χ2v) is 7.02. The van der Waals surface area contributed by atoms with Crippen molar-refractivity contribution in [1.82, 2.24) is 9.97 Å². The van der Waals surface area contributed by atoms with Crippen molar-refractivity contribution in [3.05, 3.63) is 53.4 Å². The highest BCUT2D eigenvalue weighted by Gasteiger charge is 2.24. The normalized spacial score (nSPS) is 17.4. The van der Waals surface area contributed by atoms with Crippen LogP contribution in [0, 0.1) is 11.8 Å². The number of hydrogen-bond donors (Lipinski definition) is 1. The first-order chi connectivity index (χ1) is 13.2. The van der Waals surface area contributed by atoms with E-state index >= 15 is 0 Å². The lowest BCUT2D eigenvalue weighted by Gasteiger charge is -2.31. The summed E-state index contributed by atoms with van der Waals surface area (Å²) in [5, 5.41) is 0.922. The molecule has 140 valence electrons. The number of nitrogens with zero attached hydrogens (tertiary/aromatic N) is 3. The maximum Gasteiger partial charge on any atom is 0.238 e. The average Bonchev–Trinajstić information content (AvgIpc) is 3.05. The number of aromatic nitrogens is 2. The van der Waals surface area contributed by atoms with Gasteiger partial charge in [0.2, 0.25) is 5.95 Å². The van der Waals surface area contributed by atoms with Crippen molar-refractivity contribution in [3.63, 3.8) is 0 Å². The molecular weight excluding hydrogens is 350 g/mol. The number of hydrogen-bond acceptors (Lipinski definition) is 4. The van der Waals surface area contributed by atoms with Gasteiger partial charge in [-0.15, -0.1) is 0 Å².